The maximum Gasteiger partial charge on any atom is 0.340 e. The number of fused-ring (bicyclic) bond motifs is 1. The SMILES string of the molecule is Cc1c(Cc2ccccc2)c(=O)oc2c(C[NH2+]c3cccnc3)c([O-])ccc12.Cl.Cl. The van der Waals surface area contributed by atoms with Gasteiger partial charge in [0.1, 0.15) is 17.8 Å². The second kappa shape index (κ2) is 10.3. The van der Waals surface area contributed by atoms with Crippen LogP contribution in [0.2, 0.25) is 0 Å². The van der Waals surface area contributed by atoms with Crippen LogP contribution in [0.15, 0.2) is 76.2 Å². The van der Waals surface area contributed by atoms with Gasteiger partial charge in [-0.3, -0.25) is 4.98 Å². The number of hydrogen-bond acceptors (Lipinski definition) is 4. The van der Waals surface area contributed by atoms with Crippen molar-refractivity contribution in [3.05, 3.63) is 99.7 Å². The van der Waals surface area contributed by atoms with Crippen LogP contribution in [0.3, 0.4) is 0 Å². The molecule has 0 saturated carbocycles. The number of nitrogens with two attached hydrogens (primary N) is 1. The van der Waals surface area contributed by atoms with Gasteiger partial charge in [-0.1, -0.05) is 48.2 Å². The number of aryl methyl sites for hydroxylation is 1. The number of quaternary nitrogens is 1. The number of aromatic nitrogens is 1. The van der Waals surface area contributed by atoms with Gasteiger partial charge in [-0.2, -0.15) is 0 Å². The van der Waals surface area contributed by atoms with Crippen molar-refractivity contribution in [2.24, 2.45) is 0 Å². The molecule has 0 aliphatic heterocycles. The fourth-order valence-corrected chi connectivity index (χ4v) is 3.41. The molecule has 0 bridgehead atoms. The van der Waals surface area contributed by atoms with Crippen molar-refractivity contribution >= 4 is 41.5 Å². The molecular weight excluding hydrogens is 423 g/mol. The van der Waals surface area contributed by atoms with E-state index >= 15 is 0 Å². The minimum absolute atomic E-state index is 0. The number of benzene rings is 2. The lowest BCUT2D eigenvalue weighted by Crippen LogP contribution is -2.76. The molecule has 30 heavy (non-hydrogen) atoms. The zero-order valence-corrected chi connectivity index (χ0v) is 18.0. The molecule has 0 atom stereocenters. The normalized spacial score (nSPS) is 10.3. The first-order valence-electron chi connectivity index (χ1n) is 9.16. The monoisotopic (exact) mass is 444 g/mol. The van der Waals surface area contributed by atoms with Gasteiger partial charge in [0.25, 0.3) is 0 Å². The average Bonchev–Trinajstić information content (AvgIpc) is 2.72. The Hall–Kier alpha value is -2.86. The van der Waals surface area contributed by atoms with Gasteiger partial charge in [0, 0.05) is 35.2 Å². The van der Waals surface area contributed by atoms with Crippen LogP contribution in [-0.4, -0.2) is 4.98 Å². The van der Waals surface area contributed by atoms with E-state index in [9.17, 15) is 9.90 Å². The highest BCUT2D eigenvalue weighted by Gasteiger charge is 2.16. The molecule has 7 heteroatoms. The lowest BCUT2D eigenvalue weighted by Gasteiger charge is -2.16. The molecule has 0 aliphatic rings. The summed E-state index contributed by atoms with van der Waals surface area (Å²) in [5, 5.41) is 15.2. The summed E-state index contributed by atoms with van der Waals surface area (Å²) in [6.45, 7) is 2.29. The minimum atomic E-state index is -0.387. The Kier molecular flexibility index (Phi) is 8.00. The van der Waals surface area contributed by atoms with E-state index in [1.54, 1.807) is 24.5 Å². The van der Waals surface area contributed by atoms with Gasteiger partial charge in [-0.05, 0) is 24.1 Å². The van der Waals surface area contributed by atoms with E-state index in [1.807, 2.05) is 54.7 Å². The number of pyridine rings is 1. The molecule has 0 unspecified atom stereocenters. The van der Waals surface area contributed by atoms with Gasteiger partial charge < -0.3 is 14.8 Å². The van der Waals surface area contributed by atoms with Gasteiger partial charge in [-0.15, -0.1) is 24.8 Å². The Balaban J connectivity index is 0.00000160. The first-order valence-corrected chi connectivity index (χ1v) is 9.16. The standard InChI is InChI=1S/C23H20N2O3.2ClH/c1-15-18-9-10-21(26)20(14-25-17-8-5-11-24-13-17)22(18)28-23(27)19(15)12-16-6-3-2-4-7-16;;/h2-11,13,25-26H,12,14H2,1H3;2*1H. The van der Waals surface area contributed by atoms with Crippen LogP contribution in [0.4, 0.5) is 5.69 Å². The summed E-state index contributed by atoms with van der Waals surface area (Å²) in [4.78, 5) is 16.8. The highest BCUT2D eigenvalue weighted by atomic mass is 35.5. The Morgan fingerprint density at radius 3 is 2.47 bits per heavy atom. The molecule has 2 heterocycles. The fraction of sp³-hybridized carbons (Fsp3) is 0.130. The summed E-state index contributed by atoms with van der Waals surface area (Å²) in [5.74, 6) is -0.133. The first-order chi connectivity index (χ1) is 13.6. The van der Waals surface area contributed by atoms with E-state index in [0.29, 0.717) is 29.7 Å². The van der Waals surface area contributed by atoms with Crippen LogP contribution in [0.1, 0.15) is 22.3 Å². The summed E-state index contributed by atoms with van der Waals surface area (Å²) < 4.78 is 5.66. The highest BCUT2D eigenvalue weighted by molar-refractivity contribution is 5.86. The van der Waals surface area contributed by atoms with Crippen LogP contribution in [-0.2, 0) is 13.0 Å². The van der Waals surface area contributed by atoms with Crippen LogP contribution >= 0.6 is 24.8 Å². The topological polar surface area (TPSA) is 82.8 Å². The predicted molar refractivity (Wildman–Crippen MR) is 120 cm³/mol. The third-order valence-electron chi connectivity index (χ3n) is 4.97. The Morgan fingerprint density at radius 2 is 1.77 bits per heavy atom. The zero-order valence-electron chi connectivity index (χ0n) is 16.3. The predicted octanol–water partition coefficient (Wildman–Crippen LogP) is 3.40. The summed E-state index contributed by atoms with van der Waals surface area (Å²) in [5.41, 5.74) is 3.93. The van der Waals surface area contributed by atoms with Gasteiger partial charge in [0.2, 0.25) is 0 Å². The molecule has 4 rings (SSSR count). The lowest BCUT2D eigenvalue weighted by atomic mass is 9.98. The molecule has 2 aromatic carbocycles. The van der Waals surface area contributed by atoms with Gasteiger partial charge in [0.05, 0.1) is 6.20 Å². The summed E-state index contributed by atoms with van der Waals surface area (Å²) in [6.07, 6.45) is 3.93. The average molecular weight is 445 g/mol. The highest BCUT2D eigenvalue weighted by Crippen LogP contribution is 2.28. The van der Waals surface area contributed by atoms with E-state index in [4.69, 9.17) is 4.42 Å². The van der Waals surface area contributed by atoms with Gasteiger partial charge >= 0.3 is 5.63 Å². The molecule has 0 aliphatic carbocycles. The number of rotatable bonds is 5. The van der Waals surface area contributed by atoms with Crippen molar-refractivity contribution in [2.75, 3.05) is 0 Å². The molecule has 156 valence electrons. The smallest absolute Gasteiger partial charge is 0.340 e. The van der Waals surface area contributed by atoms with Crippen molar-refractivity contribution in [1.82, 2.24) is 4.98 Å². The van der Waals surface area contributed by atoms with Crippen molar-refractivity contribution in [3.8, 4) is 5.75 Å². The van der Waals surface area contributed by atoms with E-state index in [0.717, 1.165) is 22.2 Å². The second-order valence-electron chi connectivity index (χ2n) is 6.77. The maximum absolute atomic E-state index is 12.7. The van der Waals surface area contributed by atoms with Crippen molar-refractivity contribution < 1.29 is 14.8 Å². The van der Waals surface area contributed by atoms with E-state index in [2.05, 4.69) is 4.98 Å². The number of hydrogen-bond donors (Lipinski definition) is 1. The van der Waals surface area contributed by atoms with E-state index < -0.39 is 0 Å². The fourth-order valence-electron chi connectivity index (χ4n) is 3.41. The number of nitrogens with zero attached hydrogens (tertiary/aromatic N) is 1. The summed E-state index contributed by atoms with van der Waals surface area (Å²) in [6, 6.07) is 16.9. The summed E-state index contributed by atoms with van der Waals surface area (Å²) >= 11 is 0. The molecule has 0 saturated heterocycles. The molecule has 2 aromatic heterocycles. The summed E-state index contributed by atoms with van der Waals surface area (Å²) in [7, 11) is 0. The minimum Gasteiger partial charge on any atom is -0.872 e. The van der Waals surface area contributed by atoms with Crippen LogP contribution < -0.4 is 16.0 Å². The molecule has 0 amide bonds. The Bertz CT molecular complexity index is 1180. The number of halogens is 2. The van der Waals surface area contributed by atoms with Crippen LogP contribution in [0.5, 0.6) is 5.75 Å². The van der Waals surface area contributed by atoms with Crippen molar-refractivity contribution in [2.45, 2.75) is 19.9 Å². The maximum atomic E-state index is 12.7. The quantitative estimate of drug-likeness (QED) is 0.478. The zero-order chi connectivity index (χ0) is 19.5. The molecule has 5 nitrogen and oxygen atoms in total. The molecule has 0 spiro atoms. The van der Waals surface area contributed by atoms with Crippen LogP contribution in [0.25, 0.3) is 11.0 Å². The molecule has 0 fully saturated rings. The van der Waals surface area contributed by atoms with Crippen molar-refractivity contribution in [1.29, 1.82) is 0 Å². The third-order valence-corrected chi connectivity index (χ3v) is 4.97. The van der Waals surface area contributed by atoms with Crippen molar-refractivity contribution in [3.63, 3.8) is 0 Å². The van der Waals surface area contributed by atoms with E-state index in [1.165, 1.54) is 0 Å². The molecule has 4 aromatic rings. The largest absolute Gasteiger partial charge is 0.872 e. The second-order valence-corrected chi connectivity index (χ2v) is 6.77. The molecule has 0 radical (unpaired) electrons. The third kappa shape index (κ3) is 4.82. The molecule has 2 N–H and O–H groups in total. The Morgan fingerprint density at radius 1 is 1.00 bits per heavy atom. The first kappa shape index (κ1) is 23.4. The van der Waals surface area contributed by atoms with Gasteiger partial charge in [-0.25, -0.2) is 4.79 Å². The van der Waals surface area contributed by atoms with E-state index in [-0.39, 0.29) is 36.2 Å². The molecular formula is C23H22Cl2N2O3. The lowest BCUT2D eigenvalue weighted by molar-refractivity contribution is -0.589. The van der Waals surface area contributed by atoms with Crippen LogP contribution in [0, 0.1) is 6.92 Å². The van der Waals surface area contributed by atoms with Gasteiger partial charge in [0.15, 0.2) is 0 Å². The Labute approximate surface area is 186 Å².